The normalized spacial score (nSPS) is 11.0. The van der Waals surface area contributed by atoms with Crippen LogP contribution in [0.15, 0.2) is 41.8 Å². The number of amides is 2. The first-order valence-electron chi connectivity index (χ1n) is 6.15. The highest BCUT2D eigenvalue weighted by atomic mass is 32.1. The van der Waals surface area contributed by atoms with E-state index in [1.807, 2.05) is 0 Å². The lowest BCUT2D eigenvalue weighted by Gasteiger charge is -2.10. The third kappa shape index (κ3) is 4.32. The summed E-state index contributed by atoms with van der Waals surface area (Å²) in [4.78, 5) is 23.7. The molecule has 0 aliphatic carbocycles. The first-order valence-corrected chi connectivity index (χ1v) is 7.03. The van der Waals surface area contributed by atoms with E-state index < -0.39 is 23.6 Å². The van der Waals surface area contributed by atoms with Crippen molar-refractivity contribution in [2.45, 2.75) is 6.18 Å². The first kappa shape index (κ1) is 16.0. The van der Waals surface area contributed by atoms with Crippen molar-refractivity contribution in [1.29, 1.82) is 0 Å². The molecule has 2 amide bonds. The Hall–Kier alpha value is -2.35. The van der Waals surface area contributed by atoms with Gasteiger partial charge in [-0.25, -0.2) is 0 Å². The van der Waals surface area contributed by atoms with Gasteiger partial charge in [-0.15, -0.1) is 11.3 Å². The average Bonchev–Trinajstić information content (AvgIpc) is 2.98. The number of carbonyl (C=O) groups is 2. The number of carbonyl (C=O) groups excluding carboxylic acids is 2. The highest BCUT2D eigenvalue weighted by Crippen LogP contribution is 2.30. The van der Waals surface area contributed by atoms with Crippen molar-refractivity contribution < 1.29 is 22.8 Å². The van der Waals surface area contributed by atoms with Gasteiger partial charge in [0.25, 0.3) is 5.91 Å². The summed E-state index contributed by atoms with van der Waals surface area (Å²) in [5.74, 6) is -1.02. The second kappa shape index (κ2) is 6.61. The van der Waals surface area contributed by atoms with Gasteiger partial charge in [0.05, 0.1) is 17.0 Å². The smallest absolute Gasteiger partial charge is 0.342 e. The van der Waals surface area contributed by atoms with E-state index in [1.54, 1.807) is 17.5 Å². The molecule has 0 spiro atoms. The fourth-order valence-corrected chi connectivity index (χ4v) is 2.27. The maximum absolute atomic E-state index is 12.5. The van der Waals surface area contributed by atoms with E-state index in [0.717, 1.165) is 12.1 Å². The minimum absolute atomic E-state index is 0.0187. The summed E-state index contributed by atoms with van der Waals surface area (Å²) in [5, 5.41) is 6.41. The molecule has 0 saturated heterocycles. The van der Waals surface area contributed by atoms with Gasteiger partial charge in [-0.3, -0.25) is 9.59 Å². The first-order chi connectivity index (χ1) is 10.4. The summed E-state index contributed by atoms with van der Waals surface area (Å²) in [7, 11) is 0. The Morgan fingerprint density at radius 3 is 2.55 bits per heavy atom. The molecular formula is C14H11F3N2O2S. The Bertz CT molecular complexity index is 669. The Kier molecular flexibility index (Phi) is 4.81. The van der Waals surface area contributed by atoms with Gasteiger partial charge in [-0.2, -0.15) is 13.2 Å². The summed E-state index contributed by atoms with van der Waals surface area (Å²) in [6.45, 7) is -0.326. The number of alkyl halides is 3. The summed E-state index contributed by atoms with van der Waals surface area (Å²) in [5.41, 5.74) is -0.835. The molecule has 4 nitrogen and oxygen atoms in total. The maximum atomic E-state index is 12.5. The number of thiophene rings is 1. The van der Waals surface area contributed by atoms with Gasteiger partial charge in [0.15, 0.2) is 0 Å². The molecule has 2 N–H and O–H groups in total. The molecule has 0 atom stereocenters. The van der Waals surface area contributed by atoms with E-state index >= 15 is 0 Å². The highest BCUT2D eigenvalue weighted by Gasteiger charge is 2.30. The zero-order valence-electron chi connectivity index (χ0n) is 11.1. The van der Waals surface area contributed by atoms with Crippen LogP contribution in [0.3, 0.4) is 0 Å². The maximum Gasteiger partial charge on any atom is 0.416 e. The molecular weight excluding hydrogens is 317 g/mol. The summed E-state index contributed by atoms with van der Waals surface area (Å²) in [6, 6.07) is 7.58. The SMILES string of the molecule is O=C(CNC(=O)c1cccs1)Nc1cccc(C(F)(F)F)c1. The fraction of sp³-hybridized carbons (Fsp3) is 0.143. The second-order valence-electron chi connectivity index (χ2n) is 4.29. The predicted molar refractivity (Wildman–Crippen MR) is 76.7 cm³/mol. The van der Waals surface area contributed by atoms with Gasteiger partial charge in [0.1, 0.15) is 0 Å². The highest BCUT2D eigenvalue weighted by molar-refractivity contribution is 7.12. The van der Waals surface area contributed by atoms with Gasteiger partial charge in [-0.1, -0.05) is 12.1 Å². The van der Waals surface area contributed by atoms with Crippen molar-refractivity contribution in [2.24, 2.45) is 0 Å². The molecule has 0 aliphatic rings. The number of nitrogens with one attached hydrogen (secondary N) is 2. The van der Waals surface area contributed by atoms with Crippen molar-refractivity contribution in [3.8, 4) is 0 Å². The van der Waals surface area contributed by atoms with E-state index in [0.29, 0.717) is 4.88 Å². The third-order valence-corrected chi connectivity index (χ3v) is 3.50. The van der Waals surface area contributed by atoms with E-state index in [2.05, 4.69) is 10.6 Å². The van der Waals surface area contributed by atoms with Crippen LogP contribution in [0.2, 0.25) is 0 Å². The third-order valence-electron chi connectivity index (χ3n) is 2.63. The molecule has 0 radical (unpaired) electrons. The minimum Gasteiger partial charge on any atom is -0.342 e. The van der Waals surface area contributed by atoms with E-state index in [-0.39, 0.29) is 12.2 Å². The van der Waals surface area contributed by atoms with Crippen LogP contribution in [0, 0.1) is 0 Å². The van der Waals surface area contributed by atoms with Crippen LogP contribution >= 0.6 is 11.3 Å². The molecule has 0 fully saturated rings. The van der Waals surface area contributed by atoms with Gasteiger partial charge >= 0.3 is 6.18 Å². The molecule has 8 heteroatoms. The van der Waals surface area contributed by atoms with E-state index in [1.165, 1.54) is 23.5 Å². The number of hydrogen-bond acceptors (Lipinski definition) is 3. The second-order valence-corrected chi connectivity index (χ2v) is 5.23. The predicted octanol–water partition coefficient (Wildman–Crippen LogP) is 3.14. The number of anilines is 1. The molecule has 0 unspecified atom stereocenters. The Balaban J connectivity index is 1.91. The van der Waals surface area contributed by atoms with Crippen LogP contribution < -0.4 is 10.6 Å². The van der Waals surface area contributed by atoms with Crippen LogP contribution in [0.4, 0.5) is 18.9 Å². The molecule has 0 bridgehead atoms. The minimum atomic E-state index is -4.48. The molecule has 0 saturated carbocycles. The van der Waals surface area contributed by atoms with Crippen molar-refractivity contribution in [3.05, 3.63) is 52.2 Å². The molecule has 1 aromatic carbocycles. The Morgan fingerprint density at radius 1 is 1.14 bits per heavy atom. The van der Waals surface area contributed by atoms with Crippen LogP contribution in [0.25, 0.3) is 0 Å². The number of benzene rings is 1. The van der Waals surface area contributed by atoms with Gasteiger partial charge in [-0.05, 0) is 29.6 Å². The monoisotopic (exact) mass is 328 g/mol. The van der Waals surface area contributed by atoms with Crippen molar-refractivity contribution in [3.63, 3.8) is 0 Å². The Labute approximate surface area is 128 Å². The van der Waals surface area contributed by atoms with E-state index in [4.69, 9.17) is 0 Å². The lowest BCUT2D eigenvalue weighted by Crippen LogP contribution is -2.32. The summed E-state index contributed by atoms with van der Waals surface area (Å²) >= 11 is 1.22. The van der Waals surface area contributed by atoms with Gasteiger partial charge < -0.3 is 10.6 Å². The van der Waals surface area contributed by atoms with E-state index in [9.17, 15) is 22.8 Å². The molecule has 116 valence electrons. The molecule has 0 aliphatic heterocycles. The fourth-order valence-electron chi connectivity index (χ4n) is 1.63. The lowest BCUT2D eigenvalue weighted by molar-refractivity contribution is -0.137. The lowest BCUT2D eigenvalue weighted by atomic mass is 10.2. The number of halogens is 3. The van der Waals surface area contributed by atoms with Crippen LogP contribution in [0.5, 0.6) is 0 Å². The largest absolute Gasteiger partial charge is 0.416 e. The topological polar surface area (TPSA) is 58.2 Å². The average molecular weight is 328 g/mol. The summed E-state index contributed by atoms with van der Waals surface area (Å²) in [6.07, 6.45) is -4.48. The molecule has 1 heterocycles. The number of rotatable bonds is 4. The van der Waals surface area contributed by atoms with Crippen LogP contribution in [-0.2, 0) is 11.0 Å². The Morgan fingerprint density at radius 2 is 1.91 bits per heavy atom. The van der Waals surface area contributed by atoms with Crippen LogP contribution in [-0.4, -0.2) is 18.4 Å². The van der Waals surface area contributed by atoms with Gasteiger partial charge in [0, 0.05) is 5.69 Å². The van der Waals surface area contributed by atoms with Gasteiger partial charge in [0.2, 0.25) is 5.91 Å². The number of hydrogen-bond donors (Lipinski definition) is 2. The summed E-state index contributed by atoms with van der Waals surface area (Å²) < 4.78 is 37.6. The quantitative estimate of drug-likeness (QED) is 0.906. The zero-order valence-corrected chi connectivity index (χ0v) is 11.9. The molecule has 22 heavy (non-hydrogen) atoms. The standard InChI is InChI=1S/C14H11F3N2O2S/c15-14(16,17)9-3-1-4-10(7-9)19-12(20)8-18-13(21)11-5-2-6-22-11/h1-7H,8H2,(H,18,21)(H,19,20). The van der Waals surface area contributed by atoms with Crippen molar-refractivity contribution in [2.75, 3.05) is 11.9 Å². The molecule has 2 rings (SSSR count). The van der Waals surface area contributed by atoms with Crippen LogP contribution in [0.1, 0.15) is 15.2 Å². The molecule has 2 aromatic rings. The zero-order chi connectivity index (χ0) is 16.2. The molecule has 1 aromatic heterocycles. The van der Waals surface area contributed by atoms with Crippen molar-refractivity contribution >= 4 is 28.8 Å². The van der Waals surface area contributed by atoms with Crippen molar-refractivity contribution in [1.82, 2.24) is 5.32 Å².